The number of halogens is 1. The van der Waals surface area contributed by atoms with Crippen LogP contribution in [0.15, 0.2) is 58.9 Å². The smallest absolute Gasteiger partial charge is 0.336 e. The molecular weight excluding hydrogens is 466 g/mol. The van der Waals surface area contributed by atoms with Crippen molar-refractivity contribution < 1.29 is 23.8 Å². The number of esters is 1. The minimum Gasteiger partial charge on any atom is -0.493 e. The van der Waals surface area contributed by atoms with Crippen molar-refractivity contribution in [3.63, 3.8) is 0 Å². The van der Waals surface area contributed by atoms with E-state index in [9.17, 15) is 9.59 Å². The standard InChI is InChI=1S/C28H30ClNO5/c1-6-35-28(32)25-16(3)30-21-12-18(17-7-10-23(33-4)24(14-17)34-5)13-22(31)27(21)26(25)20-9-8-19(29)11-15(20)2/h7-11,14,18,26,30H,6,12-13H2,1-5H3. The number of Topliss-reactive ketones (excluding diaryl/α,β-unsaturated/α-hetero) is 1. The van der Waals surface area contributed by atoms with E-state index in [-0.39, 0.29) is 18.3 Å². The first-order valence-electron chi connectivity index (χ1n) is 11.7. The summed E-state index contributed by atoms with van der Waals surface area (Å²) in [5.41, 5.74) is 5.42. The van der Waals surface area contributed by atoms with Gasteiger partial charge in [0.15, 0.2) is 17.3 Å². The molecule has 1 aliphatic heterocycles. The van der Waals surface area contributed by atoms with Crippen LogP contribution in [-0.2, 0) is 14.3 Å². The Balaban J connectivity index is 1.80. The lowest BCUT2D eigenvalue weighted by molar-refractivity contribution is -0.138. The van der Waals surface area contributed by atoms with Gasteiger partial charge in [-0.05, 0) is 74.1 Å². The highest BCUT2D eigenvalue weighted by atomic mass is 35.5. The van der Waals surface area contributed by atoms with Gasteiger partial charge in [-0.25, -0.2) is 4.79 Å². The minimum absolute atomic E-state index is 0.00665. The van der Waals surface area contributed by atoms with Crippen LogP contribution in [0.3, 0.4) is 0 Å². The van der Waals surface area contributed by atoms with Crippen molar-refractivity contribution in [2.24, 2.45) is 0 Å². The first-order valence-corrected chi connectivity index (χ1v) is 12.1. The van der Waals surface area contributed by atoms with Gasteiger partial charge in [-0.3, -0.25) is 4.79 Å². The van der Waals surface area contributed by atoms with Gasteiger partial charge >= 0.3 is 5.97 Å². The average Bonchev–Trinajstić information content (AvgIpc) is 2.82. The van der Waals surface area contributed by atoms with E-state index in [0.717, 1.165) is 22.4 Å². The third-order valence-corrected chi connectivity index (χ3v) is 6.98. The van der Waals surface area contributed by atoms with Crippen LogP contribution in [0.1, 0.15) is 55.2 Å². The number of carbonyl (C=O) groups excluding carboxylic acids is 2. The average molecular weight is 496 g/mol. The fourth-order valence-electron chi connectivity index (χ4n) is 5.13. The van der Waals surface area contributed by atoms with Gasteiger partial charge in [-0.1, -0.05) is 23.7 Å². The lowest BCUT2D eigenvalue weighted by atomic mass is 9.71. The van der Waals surface area contributed by atoms with E-state index >= 15 is 0 Å². The lowest BCUT2D eigenvalue weighted by Crippen LogP contribution is -2.36. The van der Waals surface area contributed by atoms with Crippen LogP contribution in [0.2, 0.25) is 5.02 Å². The number of nitrogens with one attached hydrogen (secondary N) is 1. The third kappa shape index (κ3) is 4.67. The van der Waals surface area contributed by atoms with Crippen molar-refractivity contribution in [3.05, 3.63) is 80.7 Å². The molecule has 1 N–H and O–H groups in total. The van der Waals surface area contributed by atoms with Crippen LogP contribution in [-0.4, -0.2) is 32.6 Å². The maximum atomic E-state index is 13.7. The Labute approximate surface area is 210 Å². The van der Waals surface area contributed by atoms with Gasteiger partial charge in [0.05, 0.1) is 26.4 Å². The molecule has 2 aromatic rings. The maximum absolute atomic E-state index is 13.7. The summed E-state index contributed by atoms with van der Waals surface area (Å²) in [6.45, 7) is 5.83. The topological polar surface area (TPSA) is 73.9 Å². The molecule has 6 nitrogen and oxygen atoms in total. The van der Waals surface area contributed by atoms with E-state index in [4.69, 9.17) is 25.8 Å². The summed E-state index contributed by atoms with van der Waals surface area (Å²) >= 11 is 6.22. The second-order valence-electron chi connectivity index (χ2n) is 8.85. The quantitative estimate of drug-likeness (QED) is 0.526. The molecule has 1 heterocycles. The van der Waals surface area contributed by atoms with Crippen LogP contribution in [0, 0.1) is 6.92 Å². The molecule has 1 aliphatic carbocycles. The fraction of sp³-hybridized carbons (Fsp3) is 0.357. The highest BCUT2D eigenvalue weighted by molar-refractivity contribution is 6.30. The monoisotopic (exact) mass is 495 g/mol. The van der Waals surface area contributed by atoms with E-state index in [0.29, 0.717) is 46.2 Å². The number of carbonyl (C=O) groups is 2. The van der Waals surface area contributed by atoms with Gasteiger partial charge in [-0.15, -0.1) is 0 Å². The van der Waals surface area contributed by atoms with E-state index in [1.165, 1.54) is 0 Å². The molecule has 2 atom stereocenters. The Bertz CT molecular complexity index is 1250. The molecule has 2 unspecified atom stereocenters. The number of benzene rings is 2. The summed E-state index contributed by atoms with van der Waals surface area (Å²) < 4.78 is 16.2. The van der Waals surface area contributed by atoms with Crippen molar-refractivity contribution in [2.45, 2.75) is 45.4 Å². The third-order valence-electron chi connectivity index (χ3n) is 6.74. The lowest BCUT2D eigenvalue weighted by Gasteiger charge is -2.37. The van der Waals surface area contributed by atoms with Crippen molar-refractivity contribution >= 4 is 23.4 Å². The number of aryl methyl sites for hydroxylation is 1. The van der Waals surface area contributed by atoms with Crippen LogP contribution in [0.4, 0.5) is 0 Å². The Morgan fingerprint density at radius 3 is 2.46 bits per heavy atom. The highest BCUT2D eigenvalue weighted by Crippen LogP contribution is 2.47. The highest BCUT2D eigenvalue weighted by Gasteiger charge is 2.42. The second kappa shape index (κ2) is 10.2. The molecule has 7 heteroatoms. The molecule has 2 aromatic carbocycles. The molecule has 0 amide bonds. The van der Waals surface area contributed by atoms with E-state index < -0.39 is 11.9 Å². The zero-order valence-electron chi connectivity index (χ0n) is 20.7. The molecule has 4 rings (SSSR count). The van der Waals surface area contributed by atoms with Crippen molar-refractivity contribution in [1.82, 2.24) is 5.32 Å². The Morgan fingerprint density at radius 2 is 1.80 bits per heavy atom. The summed E-state index contributed by atoms with van der Waals surface area (Å²) in [6, 6.07) is 11.3. The van der Waals surface area contributed by atoms with Crippen molar-refractivity contribution in [2.75, 3.05) is 20.8 Å². The molecule has 35 heavy (non-hydrogen) atoms. The molecule has 0 fully saturated rings. The minimum atomic E-state index is -0.513. The zero-order chi connectivity index (χ0) is 25.3. The Hall–Kier alpha value is -3.25. The van der Waals surface area contributed by atoms with E-state index in [1.807, 2.05) is 44.2 Å². The van der Waals surface area contributed by atoms with Gasteiger partial charge < -0.3 is 19.5 Å². The molecule has 0 spiro atoms. The summed E-state index contributed by atoms with van der Waals surface area (Å²) in [4.78, 5) is 26.8. The predicted molar refractivity (Wildman–Crippen MR) is 135 cm³/mol. The molecule has 0 saturated carbocycles. The zero-order valence-corrected chi connectivity index (χ0v) is 21.4. The van der Waals surface area contributed by atoms with Gasteiger partial charge in [0.25, 0.3) is 0 Å². The number of ketones is 1. The van der Waals surface area contributed by atoms with Gasteiger partial charge in [0.1, 0.15) is 0 Å². The van der Waals surface area contributed by atoms with Crippen molar-refractivity contribution in [1.29, 1.82) is 0 Å². The van der Waals surface area contributed by atoms with Gasteiger partial charge in [0.2, 0.25) is 0 Å². The molecule has 0 bridgehead atoms. The number of rotatable bonds is 6. The molecule has 0 saturated heterocycles. The number of methoxy groups -OCH3 is 2. The van der Waals surface area contributed by atoms with Crippen LogP contribution < -0.4 is 14.8 Å². The molecule has 0 aromatic heterocycles. The summed E-state index contributed by atoms with van der Waals surface area (Å²) in [7, 11) is 3.20. The second-order valence-corrected chi connectivity index (χ2v) is 9.29. The maximum Gasteiger partial charge on any atom is 0.336 e. The van der Waals surface area contributed by atoms with Gasteiger partial charge in [0, 0.05) is 34.3 Å². The predicted octanol–water partition coefficient (Wildman–Crippen LogP) is 5.59. The molecule has 2 aliphatic rings. The number of ether oxygens (including phenoxy) is 3. The first-order chi connectivity index (χ1) is 16.8. The molecular formula is C28H30ClNO5. The number of allylic oxidation sites excluding steroid dienone is 3. The number of dihydropyridines is 1. The van der Waals surface area contributed by atoms with Crippen molar-refractivity contribution in [3.8, 4) is 11.5 Å². The van der Waals surface area contributed by atoms with Crippen LogP contribution in [0.25, 0.3) is 0 Å². The SMILES string of the molecule is CCOC(=O)C1=C(C)NC2=C(C(=O)CC(c3ccc(OC)c(OC)c3)C2)C1c1ccc(Cl)cc1C. The molecule has 0 radical (unpaired) electrons. The summed E-state index contributed by atoms with van der Waals surface area (Å²) in [6.07, 6.45) is 0.960. The summed E-state index contributed by atoms with van der Waals surface area (Å²) in [5.74, 6) is 0.318. The number of hydrogen-bond acceptors (Lipinski definition) is 6. The van der Waals surface area contributed by atoms with Crippen LogP contribution in [0.5, 0.6) is 11.5 Å². The van der Waals surface area contributed by atoms with Gasteiger partial charge in [-0.2, -0.15) is 0 Å². The largest absolute Gasteiger partial charge is 0.493 e. The summed E-state index contributed by atoms with van der Waals surface area (Å²) in [5, 5.41) is 3.98. The first kappa shape index (κ1) is 24.9. The van der Waals surface area contributed by atoms with Crippen LogP contribution >= 0.6 is 11.6 Å². The number of hydrogen-bond donors (Lipinski definition) is 1. The normalized spacial score (nSPS) is 19.8. The molecule has 184 valence electrons. The Kier molecular flexibility index (Phi) is 7.22. The van der Waals surface area contributed by atoms with E-state index in [2.05, 4.69) is 5.32 Å². The Morgan fingerprint density at radius 1 is 1.06 bits per heavy atom. The van der Waals surface area contributed by atoms with E-state index in [1.54, 1.807) is 27.2 Å². The fourth-order valence-corrected chi connectivity index (χ4v) is 5.36.